The Kier molecular flexibility index (Phi) is 3.46. The lowest BCUT2D eigenvalue weighted by Crippen LogP contribution is -2.28. The summed E-state index contributed by atoms with van der Waals surface area (Å²) >= 11 is 1.39. The maximum absolute atomic E-state index is 13.1. The Balaban J connectivity index is 2.45. The molecule has 2 nitrogen and oxygen atoms in total. The molecule has 90 valence electrons. The van der Waals surface area contributed by atoms with Crippen molar-refractivity contribution in [3.05, 3.63) is 57.5 Å². The van der Waals surface area contributed by atoms with Crippen LogP contribution in [0.5, 0.6) is 0 Å². The third-order valence-corrected chi connectivity index (χ3v) is 3.27. The lowest BCUT2D eigenvalue weighted by molar-refractivity contribution is 0.443. The fraction of sp³-hybridized carbons (Fsp3) is 0.0909. The van der Waals surface area contributed by atoms with Gasteiger partial charge in [-0.3, -0.25) is 5.84 Å². The van der Waals surface area contributed by atoms with E-state index in [9.17, 15) is 13.2 Å². The fourth-order valence-corrected chi connectivity index (χ4v) is 2.35. The second-order valence-electron chi connectivity index (χ2n) is 3.41. The monoisotopic (exact) mass is 258 g/mol. The molecular weight excluding hydrogens is 249 g/mol. The van der Waals surface area contributed by atoms with Crippen LogP contribution in [0.4, 0.5) is 13.2 Å². The highest BCUT2D eigenvalue weighted by Crippen LogP contribution is 2.27. The lowest BCUT2D eigenvalue weighted by Gasteiger charge is -2.15. The van der Waals surface area contributed by atoms with E-state index >= 15 is 0 Å². The van der Waals surface area contributed by atoms with E-state index in [1.165, 1.54) is 11.3 Å². The third kappa shape index (κ3) is 2.33. The molecule has 0 amide bonds. The Morgan fingerprint density at radius 2 is 1.82 bits per heavy atom. The minimum atomic E-state index is -1.48. The summed E-state index contributed by atoms with van der Waals surface area (Å²) in [7, 11) is 0. The summed E-state index contributed by atoms with van der Waals surface area (Å²) in [6, 6.07) is 4.87. The van der Waals surface area contributed by atoms with Gasteiger partial charge in [0.15, 0.2) is 17.5 Å². The van der Waals surface area contributed by atoms with Crippen LogP contribution in [0.15, 0.2) is 29.6 Å². The molecule has 0 spiro atoms. The summed E-state index contributed by atoms with van der Waals surface area (Å²) in [4.78, 5) is 0.790. The first-order chi connectivity index (χ1) is 8.13. The molecule has 0 fully saturated rings. The number of hydrogen-bond acceptors (Lipinski definition) is 3. The highest BCUT2D eigenvalue weighted by Gasteiger charge is 2.18. The van der Waals surface area contributed by atoms with E-state index in [4.69, 9.17) is 5.84 Å². The Bertz CT molecular complexity index is 490. The van der Waals surface area contributed by atoms with E-state index in [1.807, 2.05) is 5.38 Å². The quantitative estimate of drug-likeness (QED) is 0.504. The molecule has 1 aromatic heterocycles. The standard InChI is InChI=1S/C11H9F3N2S/c12-7-4-6(5-8(13)10(7)14)11(16-15)9-2-1-3-17-9/h1-5,11,16H,15H2. The zero-order valence-corrected chi connectivity index (χ0v) is 9.40. The molecule has 1 unspecified atom stereocenters. The minimum absolute atomic E-state index is 0.242. The lowest BCUT2D eigenvalue weighted by atomic mass is 10.1. The van der Waals surface area contributed by atoms with E-state index in [0.29, 0.717) is 0 Å². The summed E-state index contributed by atoms with van der Waals surface area (Å²) in [5.74, 6) is 1.43. The van der Waals surface area contributed by atoms with Crippen LogP contribution < -0.4 is 11.3 Å². The van der Waals surface area contributed by atoms with Crippen molar-refractivity contribution in [1.29, 1.82) is 0 Å². The number of benzene rings is 1. The van der Waals surface area contributed by atoms with Crippen LogP contribution in [0.3, 0.4) is 0 Å². The van der Waals surface area contributed by atoms with Gasteiger partial charge in [0.05, 0.1) is 6.04 Å². The van der Waals surface area contributed by atoms with Gasteiger partial charge in [0.1, 0.15) is 0 Å². The number of rotatable bonds is 3. The van der Waals surface area contributed by atoms with Crippen LogP contribution >= 0.6 is 11.3 Å². The molecule has 2 rings (SSSR count). The number of halogens is 3. The number of hydrogen-bond donors (Lipinski definition) is 2. The van der Waals surface area contributed by atoms with Gasteiger partial charge in [-0.15, -0.1) is 11.3 Å². The first-order valence-corrected chi connectivity index (χ1v) is 5.65. The van der Waals surface area contributed by atoms with Crippen LogP contribution in [0.1, 0.15) is 16.5 Å². The van der Waals surface area contributed by atoms with Gasteiger partial charge in [-0.25, -0.2) is 18.6 Å². The molecule has 2 aromatic rings. The molecule has 0 aliphatic rings. The smallest absolute Gasteiger partial charge is 0.194 e. The van der Waals surface area contributed by atoms with Gasteiger partial charge in [0.2, 0.25) is 0 Å². The molecule has 0 aliphatic carbocycles. The third-order valence-electron chi connectivity index (χ3n) is 2.33. The van der Waals surface area contributed by atoms with Gasteiger partial charge >= 0.3 is 0 Å². The molecule has 0 bridgehead atoms. The molecule has 0 aliphatic heterocycles. The Hall–Kier alpha value is -1.37. The maximum Gasteiger partial charge on any atom is 0.194 e. The molecule has 0 radical (unpaired) electrons. The molecule has 3 N–H and O–H groups in total. The average Bonchev–Trinajstić information content (AvgIpc) is 2.80. The molecule has 1 atom stereocenters. The zero-order chi connectivity index (χ0) is 12.4. The normalized spacial score (nSPS) is 12.7. The van der Waals surface area contributed by atoms with Gasteiger partial charge < -0.3 is 0 Å². The van der Waals surface area contributed by atoms with Crippen molar-refractivity contribution in [2.45, 2.75) is 6.04 Å². The zero-order valence-electron chi connectivity index (χ0n) is 8.58. The first-order valence-electron chi connectivity index (χ1n) is 4.77. The van der Waals surface area contributed by atoms with Gasteiger partial charge in [-0.1, -0.05) is 6.07 Å². The predicted molar refractivity (Wildman–Crippen MR) is 59.8 cm³/mol. The summed E-state index contributed by atoms with van der Waals surface area (Å²) in [5, 5.41) is 1.82. The highest BCUT2D eigenvalue weighted by atomic mass is 32.1. The van der Waals surface area contributed by atoms with Crippen molar-refractivity contribution in [2.24, 2.45) is 5.84 Å². The largest absolute Gasteiger partial charge is 0.271 e. The number of thiophene rings is 1. The van der Waals surface area contributed by atoms with Crippen LogP contribution in [0.2, 0.25) is 0 Å². The minimum Gasteiger partial charge on any atom is -0.271 e. The molecule has 0 saturated carbocycles. The van der Waals surface area contributed by atoms with Crippen molar-refractivity contribution in [3.63, 3.8) is 0 Å². The fourth-order valence-electron chi connectivity index (χ4n) is 1.54. The first kappa shape index (κ1) is 12.1. The van der Waals surface area contributed by atoms with E-state index in [2.05, 4.69) is 5.43 Å². The second-order valence-corrected chi connectivity index (χ2v) is 4.39. The van der Waals surface area contributed by atoms with Gasteiger partial charge in [0.25, 0.3) is 0 Å². The Morgan fingerprint density at radius 1 is 1.18 bits per heavy atom. The van der Waals surface area contributed by atoms with Crippen molar-refractivity contribution in [3.8, 4) is 0 Å². The summed E-state index contributed by atoms with van der Waals surface area (Å²) in [6.45, 7) is 0. The summed E-state index contributed by atoms with van der Waals surface area (Å²) < 4.78 is 39.0. The second kappa shape index (κ2) is 4.87. The molecule has 1 aromatic carbocycles. The Labute approximate surface area is 99.9 Å². The van der Waals surface area contributed by atoms with Crippen LogP contribution in [-0.2, 0) is 0 Å². The SMILES string of the molecule is NNC(c1cc(F)c(F)c(F)c1)c1cccs1. The van der Waals surface area contributed by atoms with Crippen molar-refractivity contribution in [1.82, 2.24) is 5.43 Å². The topological polar surface area (TPSA) is 38.0 Å². The number of nitrogens with two attached hydrogens (primary N) is 1. The Morgan fingerprint density at radius 3 is 2.29 bits per heavy atom. The van der Waals surface area contributed by atoms with Gasteiger partial charge in [0, 0.05) is 4.88 Å². The number of nitrogens with one attached hydrogen (secondary N) is 1. The van der Waals surface area contributed by atoms with E-state index < -0.39 is 23.5 Å². The van der Waals surface area contributed by atoms with Crippen molar-refractivity contribution in [2.75, 3.05) is 0 Å². The average molecular weight is 258 g/mol. The molecule has 17 heavy (non-hydrogen) atoms. The summed E-state index contributed by atoms with van der Waals surface area (Å²) in [5.41, 5.74) is 2.69. The maximum atomic E-state index is 13.1. The van der Waals surface area contributed by atoms with E-state index in [-0.39, 0.29) is 5.56 Å². The summed E-state index contributed by atoms with van der Waals surface area (Å²) in [6.07, 6.45) is 0. The highest BCUT2D eigenvalue weighted by molar-refractivity contribution is 7.10. The van der Waals surface area contributed by atoms with Crippen molar-refractivity contribution >= 4 is 11.3 Å². The van der Waals surface area contributed by atoms with Crippen molar-refractivity contribution < 1.29 is 13.2 Å². The van der Waals surface area contributed by atoms with E-state index in [1.54, 1.807) is 12.1 Å². The molecule has 6 heteroatoms. The van der Waals surface area contributed by atoms with E-state index in [0.717, 1.165) is 17.0 Å². The molecule has 0 saturated heterocycles. The number of hydrazine groups is 1. The predicted octanol–water partition coefficient (Wildman–Crippen LogP) is 2.72. The van der Waals surface area contributed by atoms with Crippen LogP contribution in [0, 0.1) is 17.5 Å². The van der Waals surface area contributed by atoms with Crippen LogP contribution in [-0.4, -0.2) is 0 Å². The molecule has 1 heterocycles. The van der Waals surface area contributed by atoms with Crippen LogP contribution in [0.25, 0.3) is 0 Å². The molecular formula is C11H9F3N2S. The van der Waals surface area contributed by atoms with Gasteiger partial charge in [-0.05, 0) is 29.1 Å². The van der Waals surface area contributed by atoms with Gasteiger partial charge in [-0.2, -0.15) is 0 Å².